The second-order valence-corrected chi connectivity index (χ2v) is 5.22. The van der Waals surface area contributed by atoms with E-state index in [-0.39, 0.29) is 17.3 Å². The molecule has 0 saturated carbocycles. The molecule has 1 aromatic carbocycles. The molecule has 0 aliphatic heterocycles. The maximum absolute atomic E-state index is 5.85. The van der Waals surface area contributed by atoms with Gasteiger partial charge in [0, 0.05) is 0 Å². The van der Waals surface area contributed by atoms with Crippen molar-refractivity contribution in [2.75, 3.05) is 6.61 Å². The third kappa shape index (κ3) is 4.04. The van der Waals surface area contributed by atoms with E-state index in [0.717, 1.165) is 5.56 Å². The zero-order valence-electron chi connectivity index (χ0n) is 12.6. The Morgan fingerprint density at radius 2 is 1.86 bits per heavy atom. The summed E-state index contributed by atoms with van der Waals surface area (Å²) in [4.78, 5) is 11.9. The summed E-state index contributed by atoms with van der Waals surface area (Å²) in [6, 6.07) is 6.36. The fourth-order valence-electron chi connectivity index (χ4n) is 1.74. The van der Waals surface area contributed by atoms with E-state index in [0.29, 0.717) is 18.3 Å². The van der Waals surface area contributed by atoms with E-state index in [4.69, 9.17) is 21.1 Å². The maximum Gasteiger partial charge on any atom is 0.329 e. The number of hydrogen-bond acceptors (Lipinski definition) is 5. The van der Waals surface area contributed by atoms with E-state index in [1.807, 2.05) is 26.0 Å². The molecule has 6 heteroatoms. The fourth-order valence-corrected chi connectivity index (χ4v) is 1.88. The quantitative estimate of drug-likeness (QED) is 0.830. The smallest absolute Gasteiger partial charge is 0.329 e. The van der Waals surface area contributed by atoms with Crippen molar-refractivity contribution in [1.82, 2.24) is 15.0 Å². The number of aryl methyl sites for hydroxylation is 1. The van der Waals surface area contributed by atoms with Crippen LogP contribution < -0.4 is 9.47 Å². The first-order valence-electron chi connectivity index (χ1n) is 6.82. The minimum atomic E-state index is 0.0427. The lowest BCUT2D eigenvalue weighted by molar-refractivity contribution is 0.303. The molecule has 0 bridgehead atoms. The highest BCUT2D eigenvalue weighted by atomic mass is 35.5. The van der Waals surface area contributed by atoms with E-state index in [1.165, 1.54) is 5.56 Å². The van der Waals surface area contributed by atoms with E-state index in [2.05, 4.69) is 34.9 Å². The average molecular weight is 308 g/mol. The topological polar surface area (TPSA) is 57.1 Å². The van der Waals surface area contributed by atoms with Gasteiger partial charge in [0.15, 0.2) is 0 Å². The molecular formula is C15H18ClN3O2. The number of hydrogen-bond donors (Lipinski definition) is 0. The summed E-state index contributed by atoms with van der Waals surface area (Å²) in [5.41, 5.74) is 2.18. The summed E-state index contributed by atoms with van der Waals surface area (Å²) in [5.74, 6) is 1.11. The van der Waals surface area contributed by atoms with Gasteiger partial charge in [0.05, 0.1) is 6.61 Å². The Labute approximate surface area is 129 Å². The summed E-state index contributed by atoms with van der Waals surface area (Å²) in [5, 5.41) is 0.0427. The van der Waals surface area contributed by atoms with Crippen LogP contribution in [-0.4, -0.2) is 21.6 Å². The van der Waals surface area contributed by atoms with Gasteiger partial charge in [-0.2, -0.15) is 9.97 Å². The van der Waals surface area contributed by atoms with E-state index < -0.39 is 0 Å². The van der Waals surface area contributed by atoms with Gasteiger partial charge in [-0.3, -0.25) is 0 Å². The number of aromatic nitrogens is 3. The van der Waals surface area contributed by atoms with Gasteiger partial charge in [-0.05, 0) is 48.6 Å². The van der Waals surface area contributed by atoms with E-state index in [9.17, 15) is 0 Å². The van der Waals surface area contributed by atoms with Crippen molar-refractivity contribution >= 4 is 11.6 Å². The minimum Gasteiger partial charge on any atom is -0.464 e. The van der Waals surface area contributed by atoms with Gasteiger partial charge >= 0.3 is 12.0 Å². The molecule has 0 aliphatic rings. The number of benzene rings is 1. The predicted molar refractivity (Wildman–Crippen MR) is 81.3 cm³/mol. The summed E-state index contributed by atoms with van der Waals surface area (Å²) >= 11 is 5.85. The van der Waals surface area contributed by atoms with E-state index in [1.54, 1.807) is 0 Å². The van der Waals surface area contributed by atoms with Crippen LogP contribution in [0.3, 0.4) is 0 Å². The molecule has 0 atom stereocenters. The summed E-state index contributed by atoms with van der Waals surface area (Å²) in [6.45, 7) is 8.50. The van der Waals surface area contributed by atoms with Crippen molar-refractivity contribution in [2.45, 2.75) is 33.6 Å². The monoisotopic (exact) mass is 307 g/mol. The van der Waals surface area contributed by atoms with Crippen molar-refractivity contribution < 1.29 is 9.47 Å². The molecule has 0 unspecified atom stereocenters. The molecule has 0 N–H and O–H groups in total. The SMILES string of the molecule is CCOc1nc(Cl)nc(Oc2cc(C(C)C)ccc2C)n1. The second kappa shape index (κ2) is 6.72. The van der Waals surface area contributed by atoms with Crippen LogP contribution >= 0.6 is 11.6 Å². The fraction of sp³-hybridized carbons (Fsp3) is 0.400. The molecule has 1 aromatic heterocycles. The van der Waals surface area contributed by atoms with Crippen molar-refractivity contribution in [1.29, 1.82) is 0 Å². The van der Waals surface area contributed by atoms with Crippen molar-refractivity contribution in [3.63, 3.8) is 0 Å². The third-order valence-corrected chi connectivity index (χ3v) is 3.09. The molecule has 1 heterocycles. The second-order valence-electron chi connectivity index (χ2n) is 4.88. The highest BCUT2D eigenvalue weighted by Crippen LogP contribution is 2.28. The Balaban J connectivity index is 2.31. The van der Waals surface area contributed by atoms with Gasteiger partial charge in [-0.25, -0.2) is 0 Å². The Morgan fingerprint density at radius 3 is 2.52 bits per heavy atom. The first-order valence-corrected chi connectivity index (χ1v) is 7.20. The molecule has 2 aromatic rings. The van der Waals surface area contributed by atoms with Crippen LogP contribution in [0.15, 0.2) is 18.2 Å². The van der Waals surface area contributed by atoms with Crippen LogP contribution in [0.5, 0.6) is 17.8 Å². The lowest BCUT2D eigenvalue weighted by Gasteiger charge is -2.11. The normalized spacial score (nSPS) is 10.8. The predicted octanol–water partition coefficient (Wildman–Crippen LogP) is 4.15. The Hall–Kier alpha value is -1.88. The number of ether oxygens (including phenoxy) is 2. The summed E-state index contributed by atoms with van der Waals surface area (Å²) in [6.07, 6.45) is 0. The molecule has 0 saturated heterocycles. The summed E-state index contributed by atoms with van der Waals surface area (Å²) < 4.78 is 11.0. The molecule has 5 nitrogen and oxygen atoms in total. The van der Waals surface area contributed by atoms with Crippen LogP contribution in [-0.2, 0) is 0 Å². The lowest BCUT2D eigenvalue weighted by atomic mass is 10.0. The molecule has 2 rings (SSSR count). The van der Waals surface area contributed by atoms with Gasteiger partial charge < -0.3 is 9.47 Å². The molecule has 112 valence electrons. The van der Waals surface area contributed by atoms with Gasteiger partial charge in [-0.1, -0.05) is 26.0 Å². The minimum absolute atomic E-state index is 0.0427. The van der Waals surface area contributed by atoms with Crippen molar-refractivity contribution in [2.24, 2.45) is 0 Å². The van der Waals surface area contributed by atoms with Gasteiger partial charge in [0.25, 0.3) is 0 Å². The zero-order valence-corrected chi connectivity index (χ0v) is 13.3. The number of halogens is 1. The Kier molecular flexibility index (Phi) is 4.96. The first-order chi connectivity index (χ1) is 9.99. The Bertz CT molecular complexity index is 632. The molecular weight excluding hydrogens is 290 g/mol. The van der Waals surface area contributed by atoms with Crippen LogP contribution in [0, 0.1) is 6.92 Å². The van der Waals surface area contributed by atoms with E-state index >= 15 is 0 Å². The molecule has 0 fully saturated rings. The largest absolute Gasteiger partial charge is 0.464 e. The van der Waals surface area contributed by atoms with Crippen molar-refractivity contribution in [3.8, 4) is 17.8 Å². The lowest BCUT2D eigenvalue weighted by Crippen LogP contribution is -2.02. The van der Waals surface area contributed by atoms with Gasteiger partial charge in [0.2, 0.25) is 5.28 Å². The van der Waals surface area contributed by atoms with Gasteiger partial charge in [-0.15, -0.1) is 4.98 Å². The Morgan fingerprint density at radius 1 is 1.14 bits per heavy atom. The average Bonchev–Trinajstić information content (AvgIpc) is 2.40. The highest BCUT2D eigenvalue weighted by molar-refractivity contribution is 6.28. The van der Waals surface area contributed by atoms with Crippen LogP contribution in [0.2, 0.25) is 5.28 Å². The van der Waals surface area contributed by atoms with Crippen LogP contribution in [0.1, 0.15) is 37.8 Å². The van der Waals surface area contributed by atoms with Crippen molar-refractivity contribution in [3.05, 3.63) is 34.6 Å². The molecule has 21 heavy (non-hydrogen) atoms. The molecule has 0 aliphatic carbocycles. The third-order valence-electron chi connectivity index (χ3n) is 2.92. The molecule has 0 radical (unpaired) electrons. The van der Waals surface area contributed by atoms with Crippen LogP contribution in [0.25, 0.3) is 0 Å². The highest BCUT2D eigenvalue weighted by Gasteiger charge is 2.11. The number of nitrogens with zero attached hydrogens (tertiary/aromatic N) is 3. The molecule has 0 amide bonds. The maximum atomic E-state index is 5.85. The zero-order chi connectivity index (χ0) is 15.4. The van der Waals surface area contributed by atoms with Crippen LogP contribution in [0.4, 0.5) is 0 Å². The first kappa shape index (κ1) is 15.5. The summed E-state index contributed by atoms with van der Waals surface area (Å²) in [7, 11) is 0. The number of rotatable bonds is 5. The van der Waals surface area contributed by atoms with Gasteiger partial charge in [0.1, 0.15) is 5.75 Å². The molecule has 0 spiro atoms. The standard InChI is InChI=1S/C15H18ClN3O2/c1-5-20-14-17-13(16)18-15(19-14)21-12-8-11(9(2)3)7-6-10(12)4/h6-9H,5H2,1-4H3.